The van der Waals surface area contributed by atoms with Crippen molar-refractivity contribution in [1.29, 1.82) is 0 Å². The average Bonchev–Trinajstić information content (AvgIpc) is 2.95. The standard InChI is InChI=1S/C22H20BrN3O4/c1-12(2)6-9-30-20-16-15(19(27)17-18(20)25-8-7-24-17)21(28)26(22(16)29)11-13-4-3-5-14(23)10-13/h3-5,7-8,10,12,27H,6,9,11H2,1-2H3. The van der Waals surface area contributed by atoms with Gasteiger partial charge in [-0.3, -0.25) is 14.5 Å². The van der Waals surface area contributed by atoms with Gasteiger partial charge in [-0.2, -0.15) is 0 Å². The number of ether oxygens (including phenoxy) is 1. The molecule has 30 heavy (non-hydrogen) atoms. The molecule has 8 heteroatoms. The molecule has 7 nitrogen and oxygen atoms in total. The maximum atomic E-state index is 13.3. The summed E-state index contributed by atoms with van der Waals surface area (Å²) in [5.41, 5.74) is 1.15. The van der Waals surface area contributed by atoms with Gasteiger partial charge >= 0.3 is 0 Å². The number of phenolic OH excluding ortho intramolecular Hbond substituents is 1. The number of fused-ring (bicyclic) bond motifs is 2. The first-order valence-electron chi connectivity index (χ1n) is 9.61. The fraction of sp³-hybridized carbons (Fsp3) is 0.273. The minimum Gasteiger partial charge on any atom is -0.505 e. The SMILES string of the molecule is CC(C)CCOc1c2c(c(O)c3nccnc13)C(=O)N(Cc1cccc(Br)c1)C2=O. The third kappa shape index (κ3) is 3.52. The van der Waals surface area contributed by atoms with Gasteiger partial charge in [0.05, 0.1) is 13.2 Å². The molecule has 2 heterocycles. The van der Waals surface area contributed by atoms with Gasteiger partial charge < -0.3 is 9.84 Å². The smallest absolute Gasteiger partial charge is 0.265 e. The molecule has 1 aliphatic heterocycles. The summed E-state index contributed by atoms with van der Waals surface area (Å²) < 4.78 is 6.79. The molecular weight excluding hydrogens is 450 g/mol. The van der Waals surface area contributed by atoms with Gasteiger partial charge in [-0.25, -0.2) is 9.97 Å². The summed E-state index contributed by atoms with van der Waals surface area (Å²) in [5, 5.41) is 10.8. The maximum absolute atomic E-state index is 13.3. The molecule has 3 aromatic rings. The van der Waals surface area contributed by atoms with Crippen LogP contribution in [-0.4, -0.2) is 38.4 Å². The lowest BCUT2D eigenvalue weighted by Gasteiger charge is -2.15. The number of aromatic nitrogens is 2. The molecule has 0 radical (unpaired) electrons. The van der Waals surface area contributed by atoms with E-state index in [4.69, 9.17) is 4.74 Å². The van der Waals surface area contributed by atoms with Crippen molar-refractivity contribution < 1.29 is 19.4 Å². The highest BCUT2D eigenvalue weighted by Gasteiger charge is 2.42. The zero-order chi connectivity index (χ0) is 21.4. The predicted molar refractivity (Wildman–Crippen MR) is 114 cm³/mol. The number of imide groups is 1. The Hall–Kier alpha value is -3.00. The second kappa shape index (κ2) is 8.02. The zero-order valence-corrected chi connectivity index (χ0v) is 18.1. The number of halogens is 1. The van der Waals surface area contributed by atoms with Crippen LogP contribution in [0.2, 0.25) is 0 Å². The fourth-order valence-corrected chi connectivity index (χ4v) is 3.87. The number of amides is 2. The Morgan fingerprint density at radius 3 is 2.50 bits per heavy atom. The Morgan fingerprint density at radius 2 is 1.80 bits per heavy atom. The molecule has 0 aliphatic carbocycles. The van der Waals surface area contributed by atoms with E-state index in [0.717, 1.165) is 21.4 Å². The molecule has 0 fully saturated rings. The minimum atomic E-state index is -0.575. The molecule has 0 bridgehead atoms. The molecule has 1 aromatic heterocycles. The number of carbonyl (C=O) groups excluding carboxylic acids is 2. The van der Waals surface area contributed by atoms with E-state index in [2.05, 4.69) is 39.7 Å². The topological polar surface area (TPSA) is 92.6 Å². The Balaban J connectivity index is 1.81. The normalized spacial score (nSPS) is 13.4. The highest BCUT2D eigenvalue weighted by atomic mass is 79.9. The Bertz CT molecular complexity index is 1160. The van der Waals surface area contributed by atoms with E-state index >= 15 is 0 Å². The second-order valence-corrected chi connectivity index (χ2v) is 8.45. The molecule has 0 saturated carbocycles. The van der Waals surface area contributed by atoms with Gasteiger partial charge in [-0.15, -0.1) is 0 Å². The Morgan fingerprint density at radius 1 is 1.10 bits per heavy atom. The molecule has 0 saturated heterocycles. The zero-order valence-electron chi connectivity index (χ0n) is 16.6. The first-order valence-corrected chi connectivity index (χ1v) is 10.4. The van der Waals surface area contributed by atoms with Crippen molar-refractivity contribution in [3.63, 3.8) is 0 Å². The largest absolute Gasteiger partial charge is 0.505 e. The number of phenols is 1. The highest BCUT2D eigenvalue weighted by molar-refractivity contribution is 9.10. The van der Waals surface area contributed by atoms with Gasteiger partial charge in [0.25, 0.3) is 11.8 Å². The summed E-state index contributed by atoms with van der Waals surface area (Å²) in [7, 11) is 0. The van der Waals surface area contributed by atoms with Crippen LogP contribution in [0.4, 0.5) is 0 Å². The summed E-state index contributed by atoms with van der Waals surface area (Å²) in [6.45, 7) is 4.56. The third-order valence-electron chi connectivity index (χ3n) is 4.94. The number of nitrogens with zero attached hydrogens (tertiary/aromatic N) is 3. The average molecular weight is 470 g/mol. The van der Waals surface area contributed by atoms with E-state index in [-0.39, 0.29) is 40.2 Å². The first kappa shape index (κ1) is 20.3. The Kier molecular flexibility index (Phi) is 5.42. The number of hydrogen-bond donors (Lipinski definition) is 1. The lowest BCUT2D eigenvalue weighted by Crippen LogP contribution is -2.29. The van der Waals surface area contributed by atoms with Crippen LogP contribution in [0.15, 0.2) is 41.1 Å². The molecule has 1 N–H and O–H groups in total. The number of hydrogen-bond acceptors (Lipinski definition) is 6. The molecule has 1 aliphatic rings. The number of carbonyl (C=O) groups is 2. The van der Waals surface area contributed by atoms with Crippen molar-refractivity contribution >= 4 is 38.8 Å². The van der Waals surface area contributed by atoms with Gasteiger partial charge in [0, 0.05) is 16.9 Å². The van der Waals surface area contributed by atoms with Crippen LogP contribution < -0.4 is 4.74 Å². The predicted octanol–water partition coefficient (Wildman–Crippen LogP) is 4.32. The fourth-order valence-electron chi connectivity index (χ4n) is 3.42. The van der Waals surface area contributed by atoms with Crippen LogP contribution >= 0.6 is 15.9 Å². The van der Waals surface area contributed by atoms with E-state index in [9.17, 15) is 14.7 Å². The summed E-state index contributed by atoms with van der Waals surface area (Å²) in [5.74, 6) is -0.843. The summed E-state index contributed by atoms with van der Waals surface area (Å²) in [6, 6.07) is 7.36. The molecule has 0 spiro atoms. The van der Waals surface area contributed by atoms with Gasteiger partial charge in [0.2, 0.25) is 0 Å². The van der Waals surface area contributed by atoms with E-state index in [1.165, 1.54) is 12.4 Å². The molecule has 2 aromatic carbocycles. The van der Waals surface area contributed by atoms with Crippen LogP contribution in [0.5, 0.6) is 11.5 Å². The lowest BCUT2D eigenvalue weighted by molar-refractivity contribution is 0.0640. The van der Waals surface area contributed by atoms with Crippen LogP contribution in [0, 0.1) is 5.92 Å². The van der Waals surface area contributed by atoms with Crippen molar-refractivity contribution in [2.45, 2.75) is 26.8 Å². The number of aromatic hydroxyl groups is 1. The van der Waals surface area contributed by atoms with Crippen LogP contribution in [-0.2, 0) is 6.54 Å². The van der Waals surface area contributed by atoms with E-state index < -0.39 is 11.8 Å². The van der Waals surface area contributed by atoms with E-state index in [1.807, 2.05) is 24.3 Å². The maximum Gasteiger partial charge on any atom is 0.265 e. The first-order chi connectivity index (χ1) is 14.4. The monoisotopic (exact) mass is 469 g/mol. The Labute approximate surface area is 181 Å². The van der Waals surface area contributed by atoms with Crippen LogP contribution in [0.1, 0.15) is 46.5 Å². The third-order valence-corrected chi connectivity index (χ3v) is 5.43. The van der Waals surface area contributed by atoms with E-state index in [1.54, 1.807) is 0 Å². The van der Waals surface area contributed by atoms with Crippen molar-refractivity contribution in [1.82, 2.24) is 14.9 Å². The molecule has 0 atom stereocenters. The molecule has 2 amide bonds. The van der Waals surface area contributed by atoms with Crippen LogP contribution in [0.25, 0.3) is 11.0 Å². The van der Waals surface area contributed by atoms with E-state index in [0.29, 0.717) is 12.5 Å². The number of rotatable bonds is 6. The lowest BCUT2D eigenvalue weighted by atomic mass is 10.0. The van der Waals surface area contributed by atoms with Gasteiger partial charge in [0.1, 0.15) is 22.2 Å². The van der Waals surface area contributed by atoms with Crippen molar-refractivity contribution in [3.05, 3.63) is 57.8 Å². The molecule has 0 unspecified atom stereocenters. The highest BCUT2D eigenvalue weighted by Crippen LogP contribution is 2.43. The molecular formula is C22H20BrN3O4. The second-order valence-electron chi connectivity index (χ2n) is 7.54. The van der Waals surface area contributed by atoms with Crippen molar-refractivity contribution in [2.24, 2.45) is 5.92 Å². The number of benzene rings is 2. The summed E-state index contributed by atoms with van der Waals surface area (Å²) >= 11 is 3.40. The van der Waals surface area contributed by atoms with Crippen molar-refractivity contribution in [2.75, 3.05) is 6.61 Å². The van der Waals surface area contributed by atoms with Crippen molar-refractivity contribution in [3.8, 4) is 11.5 Å². The van der Waals surface area contributed by atoms with Crippen LogP contribution in [0.3, 0.4) is 0 Å². The quantitative estimate of drug-likeness (QED) is 0.540. The summed E-state index contributed by atoms with van der Waals surface area (Å²) in [4.78, 5) is 35.9. The van der Waals surface area contributed by atoms with Gasteiger partial charge in [0.15, 0.2) is 11.5 Å². The summed E-state index contributed by atoms with van der Waals surface area (Å²) in [6.07, 6.45) is 3.65. The molecule has 4 rings (SSSR count). The minimum absolute atomic E-state index is 0.0456. The van der Waals surface area contributed by atoms with Gasteiger partial charge in [-0.05, 0) is 30.0 Å². The molecule has 154 valence electrons. The van der Waals surface area contributed by atoms with Gasteiger partial charge in [-0.1, -0.05) is 41.9 Å².